The molecular formula is C24H17FN6O3. The van der Waals surface area contributed by atoms with Gasteiger partial charge in [-0.2, -0.15) is 4.98 Å². The number of aromatic nitrogens is 3. The van der Waals surface area contributed by atoms with Crippen molar-refractivity contribution in [2.75, 3.05) is 10.6 Å². The summed E-state index contributed by atoms with van der Waals surface area (Å²) in [6, 6.07) is 20.7. The Morgan fingerprint density at radius 1 is 1.06 bits per heavy atom. The van der Waals surface area contributed by atoms with Gasteiger partial charge in [-0.05, 0) is 35.4 Å². The van der Waals surface area contributed by atoms with Gasteiger partial charge >= 0.3 is 0 Å². The van der Waals surface area contributed by atoms with Crippen LogP contribution < -0.4 is 10.6 Å². The number of nitro benzene ring substituents is 1. The van der Waals surface area contributed by atoms with Crippen molar-refractivity contribution in [3.8, 4) is 0 Å². The standard InChI is InChI=1S/C24H17FN6O3/c25-18-11-9-16(10-12-18)21-14-20(15-5-2-1-3-6-15)26-24-28-23(29-30(21)24)27-22(32)17-7-4-8-19(13-17)31(33)34/h1-14,21H,(H2,26,27,28,29,32). The molecule has 0 spiro atoms. The van der Waals surface area contributed by atoms with E-state index >= 15 is 0 Å². The first kappa shape index (κ1) is 21.0. The van der Waals surface area contributed by atoms with E-state index in [1.54, 1.807) is 16.8 Å². The fourth-order valence-corrected chi connectivity index (χ4v) is 3.66. The zero-order chi connectivity index (χ0) is 23.7. The molecule has 168 valence electrons. The van der Waals surface area contributed by atoms with Crippen molar-refractivity contribution in [2.24, 2.45) is 0 Å². The molecule has 0 saturated carbocycles. The van der Waals surface area contributed by atoms with Gasteiger partial charge < -0.3 is 5.32 Å². The summed E-state index contributed by atoms with van der Waals surface area (Å²) in [4.78, 5) is 27.5. The van der Waals surface area contributed by atoms with Crippen molar-refractivity contribution in [1.82, 2.24) is 14.8 Å². The summed E-state index contributed by atoms with van der Waals surface area (Å²) in [5, 5.41) is 21.2. The summed E-state index contributed by atoms with van der Waals surface area (Å²) in [6.45, 7) is 0. The molecule has 1 amide bonds. The number of nitrogens with zero attached hydrogens (tertiary/aromatic N) is 4. The average molecular weight is 456 g/mol. The molecule has 0 aliphatic carbocycles. The van der Waals surface area contributed by atoms with Crippen LogP contribution in [0.1, 0.15) is 27.5 Å². The molecule has 1 atom stereocenters. The van der Waals surface area contributed by atoms with E-state index in [1.165, 1.54) is 36.4 Å². The monoisotopic (exact) mass is 456 g/mol. The third kappa shape index (κ3) is 4.11. The number of hydrogen-bond donors (Lipinski definition) is 2. The Bertz CT molecular complexity index is 1420. The number of hydrogen-bond acceptors (Lipinski definition) is 6. The average Bonchev–Trinajstić information content (AvgIpc) is 3.27. The third-order valence-corrected chi connectivity index (χ3v) is 5.31. The van der Waals surface area contributed by atoms with Crippen LogP contribution in [-0.2, 0) is 0 Å². The number of halogens is 1. The summed E-state index contributed by atoms with van der Waals surface area (Å²) in [7, 11) is 0. The SMILES string of the molecule is O=C(Nc1nc2n(n1)C(c1ccc(F)cc1)C=C(c1ccccc1)N2)c1cccc([N+](=O)[O-])c1. The van der Waals surface area contributed by atoms with Gasteiger partial charge in [0.1, 0.15) is 11.9 Å². The molecule has 1 aliphatic rings. The van der Waals surface area contributed by atoms with Crippen molar-refractivity contribution in [1.29, 1.82) is 0 Å². The van der Waals surface area contributed by atoms with E-state index < -0.39 is 16.9 Å². The van der Waals surface area contributed by atoms with Gasteiger partial charge in [0, 0.05) is 23.4 Å². The van der Waals surface area contributed by atoms with E-state index in [4.69, 9.17) is 0 Å². The Morgan fingerprint density at radius 3 is 2.56 bits per heavy atom. The number of anilines is 2. The van der Waals surface area contributed by atoms with Gasteiger partial charge in [-0.3, -0.25) is 20.2 Å². The number of allylic oxidation sites excluding steroid dienone is 1. The lowest BCUT2D eigenvalue weighted by atomic mass is 10.0. The lowest BCUT2D eigenvalue weighted by Gasteiger charge is -2.24. The number of nitrogens with one attached hydrogen (secondary N) is 2. The first-order valence-electron chi connectivity index (χ1n) is 10.3. The van der Waals surface area contributed by atoms with E-state index in [2.05, 4.69) is 20.7 Å². The van der Waals surface area contributed by atoms with E-state index in [9.17, 15) is 19.3 Å². The van der Waals surface area contributed by atoms with Crippen LogP contribution >= 0.6 is 0 Å². The number of carbonyl (C=O) groups is 1. The lowest BCUT2D eigenvalue weighted by molar-refractivity contribution is -0.384. The number of amides is 1. The van der Waals surface area contributed by atoms with Crippen LogP contribution in [-0.4, -0.2) is 25.6 Å². The zero-order valence-electron chi connectivity index (χ0n) is 17.6. The number of carbonyl (C=O) groups excluding carboxylic acids is 1. The molecule has 3 aromatic carbocycles. The Kier molecular flexibility index (Phi) is 5.30. The van der Waals surface area contributed by atoms with Crippen molar-refractivity contribution < 1.29 is 14.1 Å². The number of non-ortho nitro benzene ring substituents is 1. The fourth-order valence-electron chi connectivity index (χ4n) is 3.66. The zero-order valence-corrected chi connectivity index (χ0v) is 17.6. The van der Waals surface area contributed by atoms with Crippen LogP contribution in [0, 0.1) is 15.9 Å². The minimum Gasteiger partial charge on any atom is -0.324 e. The van der Waals surface area contributed by atoms with Gasteiger partial charge in [0.05, 0.1) is 4.92 Å². The molecule has 0 saturated heterocycles. The van der Waals surface area contributed by atoms with Crippen molar-refractivity contribution in [2.45, 2.75) is 6.04 Å². The molecule has 2 N–H and O–H groups in total. The first-order valence-corrected chi connectivity index (χ1v) is 10.3. The molecule has 0 radical (unpaired) electrons. The largest absolute Gasteiger partial charge is 0.324 e. The molecule has 0 bridgehead atoms. The lowest BCUT2D eigenvalue weighted by Crippen LogP contribution is -2.20. The molecule has 1 aliphatic heterocycles. The molecule has 2 heterocycles. The van der Waals surface area contributed by atoms with Crippen LogP contribution in [0.15, 0.2) is 84.9 Å². The van der Waals surface area contributed by atoms with Gasteiger partial charge in [0.15, 0.2) is 0 Å². The molecule has 1 aromatic heterocycles. The third-order valence-electron chi connectivity index (χ3n) is 5.31. The molecule has 5 rings (SSSR count). The number of rotatable bonds is 5. The van der Waals surface area contributed by atoms with Gasteiger partial charge in [-0.15, -0.1) is 5.10 Å². The van der Waals surface area contributed by atoms with E-state index in [1.807, 2.05) is 36.4 Å². The second-order valence-electron chi connectivity index (χ2n) is 7.53. The van der Waals surface area contributed by atoms with Crippen molar-refractivity contribution >= 4 is 29.2 Å². The maximum Gasteiger partial charge on any atom is 0.270 e. The fraction of sp³-hybridized carbons (Fsp3) is 0.0417. The van der Waals surface area contributed by atoms with E-state index in [0.29, 0.717) is 5.95 Å². The van der Waals surface area contributed by atoms with Crippen molar-refractivity contribution in [3.05, 3.63) is 118 Å². The predicted molar refractivity (Wildman–Crippen MR) is 124 cm³/mol. The summed E-state index contributed by atoms with van der Waals surface area (Å²) in [6.07, 6.45) is 1.94. The maximum absolute atomic E-state index is 13.5. The van der Waals surface area contributed by atoms with Crippen molar-refractivity contribution in [3.63, 3.8) is 0 Å². The van der Waals surface area contributed by atoms with Gasteiger partial charge in [0.2, 0.25) is 5.95 Å². The number of fused-ring (bicyclic) bond motifs is 1. The smallest absolute Gasteiger partial charge is 0.270 e. The highest BCUT2D eigenvalue weighted by Crippen LogP contribution is 2.33. The Balaban J connectivity index is 1.49. The Labute approximate surface area is 192 Å². The van der Waals surface area contributed by atoms with E-state index in [0.717, 1.165) is 16.8 Å². The summed E-state index contributed by atoms with van der Waals surface area (Å²) < 4.78 is 15.1. The summed E-state index contributed by atoms with van der Waals surface area (Å²) in [5.74, 6) is -0.534. The molecule has 0 fully saturated rings. The highest BCUT2D eigenvalue weighted by molar-refractivity contribution is 6.03. The number of nitro groups is 1. The van der Waals surface area contributed by atoms with Gasteiger partial charge in [-0.1, -0.05) is 48.5 Å². The quantitative estimate of drug-likeness (QED) is 0.334. The van der Waals surface area contributed by atoms with Crippen LogP contribution in [0.25, 0.3) is 5.70 Å². The van der Waals surface area contributed by atoms with E-state index in [-0.39, 0.29) is 23.0 Å². The first-order chi connectivity index (χ1) is 16.5. The molecule has 4 aromatic rings. The molecule has 34 heavy (non-hydrogen) atoms. The summed E-state index contributed by atoms with van der Waals surface area (Å²) >= 11 is 0. The molecule has 10 heteroatoms. The Hall–Kier alpha value is -4.86. The minimum atomic E-state index is -0.582. The van der Waals surface area contributed by atoms with Crippen LogP contribution in [0.2, 0.25) is 0 Å². The number of benzene rings is 3. The highest BCUT2D eigenvalue weighted by atomic mass is 19.1. The highest BCUT2D eigenvalue weighted by Gasteiger charge is 2.26. The molecule has 9 nitrogen and oxygen atoms in total. The van der Waals surface area contributed by atoms with Crippen LogP contribution in [0.5, 0.6) is 0 Å². The van der Waals surface area contributed by atoms with Gasteiger partial charge in [0.25, 0.3) is 17.5 Å². The molecular weight excluding hydrogens is 439 g/mol. The van der Waals surface area contributed by atoms with Gasteiger partial charge in [-0.25, -0.2) is 9.07 Å². The summed E-state index contributed by atoms with van der Waals surface area (Å²) in [5.41, 5.74) is 2.39. The molecule has 1 unspecified atom stereocenters. The second kappa shape index (κ2) is 8.58. The maximum atomic E-state index is 13.5. The normalized spacial score (nSPS) is 14.5. The topological polar surface area (TPSA) is 115 Å². The van der Waals surface area contributed by atoms with Crippen LogP contribution in [0.3, 0.4) is 0 Å². The predicted octanol–water partition coefficient (Wildman–Crippen LogP) is 4.63. The van der Waals surface area contributed by atoms with Crippen LogP contribution in [0.4, 0.5) is 22.0 Å². The second-order valence-corrected chi connectivity index (χ2v) is 7.53. The Morgan fingerprint density at radius 2 is 1.82 bits per heavy atom. The minimum absolute atomic E-state index is 0.0221.